The second-order valence-electron chi connectivity index (χ2n) is 6.14. The standard InChI is InChI=1S/C19H13N5O4/c20-9-14-15(10-3-2-6-13(25)8-10)16-17(22-23-19(16)28-18(14)21)11-4-1-5-12(7-11)24(26)27/h1-8,15,25H,21H2,(H,22,23)/t15-/m1/s1. The third-order valence-electron chi connectivity index (χ3n) is 4.49. The van der Waals surface area contributed by atoms with Gasteiger partial charge in [0, 0.05) is 17.7 Å². The van der Waals surface area contributed by atoms with Crippen LogP contribution in [0.3, 0.4) is 0 Å². The second-order valence-corrected chi connectivity index (χ2v) is 6.14. The number of nitrogens with zero attached hydrogens (tertiary/aromatic N) is 3. The molecular formula is C19H13N5O4. The zero-order valence-electron chi connectivity index (χ0n) is 14.3. The molecule has 0 saturated heterocycles. The molecule has 0 fully saturated rings. The first-order valence-corrected chi connectivity index (χ1v) is 8.19. The molecule has 0 unspecified atom stereocenters. The van der Waals surface area contributed by atoms with Gasteiger partial charge in [0.25, 0.3) is 5.69 Å². The first-order chi connectivity index (χ1) is 13.5. The van der Waals surface area contributed by atoms with Gasteiger partial charge in [-0.3, -0.25) is 15.2 Å². The topological polar surface area (TPSA) is 151 Å². The minimum absolute atomic E-state index is 0.0294. The van der Waals surface area contributed by atoms with Crippen LogP contribution in [0.5, 0.6) is 11.6 Å². The van der Waals surface area contributed by atoms with E-state index in [0.29, 0.717) is 22.4 Å². The molecule has 0 amide bonds. The molecule has 1 aliphatic rings. The van der Waals surface area contributed by atoms with E-state index in [1.165, 1.54) is 24.3 Å². The second kappa shape index (κ2) is 6.44. The van der Waals surface area contributed by atoms with Crippen LogP contribution in [0.25, 0.3) is 11.3 Å². The van der Waals surface area contributed by atoms with Gasteiger partial charge < -0.3 is 15.6 Å². The Hall–Kier alpha value is -4.32. The Morgan fingerprint density at radius 1 is 1.29 bits per heavy atom. The lowest BCUT2D eigenvalue weighted by Gasteiger charge is -2.24. The average molecular weight is 375 g/mol. The smallest absolute Gasteiger partial charge is 0.270 e. The number of nitro benzene ring substituents is 1. The Morgan fingerprint density at radius 3 is 2.79 bits per heavy atom. The molecule has 2 aromatic carbocycles. The summed E-state index contributed by atoms with van der Waals surface area (Å²) in [5.74, 6) is -0.539. The van der Waals surface area contributed by atoms with Crippen molar-refractivity contribution in [3.8, 4) is 29.0 Å². The number of allylic oxidation sites excluding steroid dienone is 1. The SMILES string of the molecule is N#CC1=C(N)Oc2n[nH]c(-c3cccc([N+](=O)[O-])c3)c2[C@@H]1c1cccc(O)c1. The lowest BCUT2D eigenvalue weighted by atomic mass is 9.83. The largest absolute Gasteiger partial charge is 0.508 e. The van der Waals surface area contributed by atoms with E-state index >= 15 is 0 Å². The molecule has 0 bridgehead atoms. The summed E-state index contributed by atoms with van der Waals surface area (Å²) in [4.78, 5) is 10.6. The lowest BCUT2D eigenvalue weighted by Crippen LogP contribution is -2.20. The molecule has 28 heavy (non-hydrogen) atoms. The summed E-state index contributed by atoms with van der Waals surface area (Å²) in [6, 6.07) is 14.5. The number of fused-ring (bicyclic) bond motifs is 1. The van der Waals surface area contributed by atoms with Crippen molar-refractivity contribution in [3.63, 3.8) is 0 Å². The van der Waals surface area contributed by atoms with Crippen LogP contribution in [0, 0.1) is 21.4 Å². The fourth-order valence-electron chi connectivity index (χ4n) is 3.28. The third kappa shape index (κ3) is 2.69. The van der Waals surface area contributed by atoms with Gasteiger partial charge in [0.15, 0.2) is 0 Å². The molecule has 9 heteroatoms. The number of nitrogens with one attached hydrogen (secondary N) is 1. The zero-order valence-corrected chi connectivity index (χ0v) is 14.3. The summed E-state index contributed by atoms with van der Waals surface area (Å²) in [5.41, 5.74) is 8.08. The predicted molar refractivity (Wildman–Crippen MR) is 98.1 cm³/mol. The Bertz CT molecular complexity index is 1180. The molecule has 0 aliphatic carbocycles. The number of aromatic nitrogens is 2. The molecule has 0 saturated carbocycles. The molecule has 138 valence electrons. The number of aromatic amines is 1. The highest BCUT2D eigenvalue weighted by Gasteiger charge is 2.35. The first-order valence-electron chi connectivity index (χ1n) is 8.19. The number of ether oxygens (including phenoxy) is 1. The van der Waals surface area contributed by atoms with Crippen molar-refractivity contribution in [3.05, 3.63) is 81.2 Å². The third-order valence-corrected chi connectivity index (χ3v) is 4.49. The monoisotopic (exact) mass is 375 g/mol. The lowest BCUT2D eigenvalue weighted by molar-refractivity contribution is -0.384. The van der Waals surface area contributed by atoms with Gasteiger partial charge in [-0.1, -0.05) is 24.3 Å². The number of phenols is 1. The number of non-ortho nitro benzene ring substituents is 1. The van der Waals surface area contributed by atoms with Crippen LogP contribution >= 0.6 is 0 Å². The molecule has 4 N–H and O–H groups in total. The first kappa shape index (κ1) is 17.1. The summed E-state index contributed by atoms with van der Waals surface area (Å²) in [6.45, 7) is 0. The van der Waals surface area contributed by atoms with Crippen molar-refractivity contribution in [1.29, 1.82) is 5.26 Å². The number of benzene rings is 2. The Kier molecular flexibility index (Phi) is 3.94. The average Bonchev–Trinajstić information content (AvgIpc) is 3.10. The van der Waals surface area contributed by atoms with E-state index in [4.69, 9.17) is 10.5 Å². The van der Waals surface area contributed by atoms with Crippen molar-refractivity contribution in [2.75, 3.05) is 0 Å². The van der Waals surface area contributed by atoms with Gasteiger partial charge in [0.1, 0.15) is 17.4 Å². The summed E-state index contributed by atoms with van der Waals surface area (Å²) in [6.07, 6.45) is 0. The number of hydrogen-bond acceptors (Lipinski definition) is 7. The number of nitro groups is 1. The quantitative estimate of drug-likeness (QED) is 0.470. The van der Waals surface area contributed by atoms with Gasteiger partial charge in [0.2, 0.25) is 11.8 Å². The van der Waals surface area contributed by atoms with E-state index in [-0.39, 0.29) is 28.8 Å². The number of H-pyrrole nitrogens is 1. The van der Waals surface area contributed by atoms with E-state index in [1.807, 2.05) is 0 Å². The van der Waals surface area contributed by atoms with E-state index < -0.39 is 10.8 Å². The maximum absolute atomic E-state index is 11.1. The minimum atomic E-state index is -0.658. The van der Waals surface area contributed by atoms with Crippen molar-refractivity contribution in [1.82, 2.24) is 10.2 Å². The fraction of sp³-hybridized carbons (Fsp3) is 0.0526. The van der Waals surface area contributed by atoms with E-state index in [0.717, 1.165) is 0 Å². The van der Waals surface area contributed by atoms with Crippen molar-refractivity contribution < 1.29 is 14.8 Å². The van der Waals surface area contributed by atoms with E-state index in [9.17, 15) is 20.5 Å². The molecule has 3 aromatic rings. The number of hydrogen-bond donors (Lipinski definition) is 3. The maximum Gasteiger partial charge on any atom is 0.270 e. The van der Waals surface area contributed by atoms with E-state index in [2.05, 4.69) is 16.3 Å². The van der Waals surface area contributed by atoms with E-state index in [1.54, 1.807) is 24.3 Å². The van der Waals surface area contributed by atoms with Crippen LogP contribution in [0.4, 0.5) is 5.69 Å². The maximum atomic E-state index is 11.1. The number of nitrogens with two attached hydrogens (primary N) is 1. The zero-order chi connectivity index (χ0) is 19.8. The van der Waals surface area contributed by atoms with Crippen molar-refractivity contribution >= 4 is 5.69 Å². The highest BCUT2D eigenvalue weighted by molar-refractivity contribution is 5.72. The Morgan fingerprint density at radius 2 is 2.07 bits per heavy atom. The van der Waals surface area contributed by atoms with Gasteiger partial charge in [-0.15, -0.1) is 5.10 Å². The number of nitriles is 1. The normalized spacial score (nSPS) is 15.5. The summed E-state index contributed by atoms with van der Waals surface area (Å²) in [7, 11) is 0. The number of phenolic OH excluding ortho intramolecular Hbond substituents is 1. The van der Waals surface area contributed by atoms with Crippen LogP contribution in [-0.2, 0) is 0 Å². The minimum Gasteiger partial charge on any atom is -0.508 e. The van der Waals surface area contributed by atoms with Gasteiger partial charge in [0.05, 0.1) is 22.1 Å². The molecule has 4 rings (SSSR count). The molecule has 1 atom stereocenters. The summed E-state index contributed by atoms with van der Waals surface area (Å²) in [5, 5.41) is 37.6. The Labute approximate surface area is 158 Å². The summed E-state index contributed by atoms with van der Waals surface area (Å²) < 4.78 is 5.49. The van der Waals surface area contributed by atoms with Crippen LogP contribution < -0.4 is 10.5 Å². The molecule has 2 heterocycles. The van der Waals surface area contributed by atoms with Crippen molar-refractivity contribution in [2.24, 2.45) is 5.73 Å². The molecule has 9 nitrogen and oxygen atoms in total. The molecular weight excluding hydrogens is 362 g/mol. The molecule has 0 spiro atoms. The molecule has 1 aliphatic heterocycles. The fourth-order valence-corrected chi connectivity index (χ4v) is 3.28. The molecule has 0 radical (unpaired) electrons. The van der Waals surface area contributed by atoms with Gasteiger partial charge in [-0.25, -0.2) is 0 Å². The number of aromatic hydroxyl groups is 1. The van der Waals surface area contributed by atoms with Gasteiger partial charge in [-0.2, -0.15) is 5.26 Å². The summed E-state index contributed by atoms with van der Waals surface area (Å²) >= 11 is 0. The van der Waals surface area contributed by atoms with Gasteiger partial charge in [-0.05, 0) is 17.7 Å². The van der Waals surface area contributed by atoms with Gasteiger partial charge >= 0.3 is 0 Å². The van der Waals surface area contributed by atoms with Crippen molar-refractivity contribution in [2.45, 2.75) is 5.92 Å². The van der Waals surface area contributed by atoms with Crippen LogP contribution in [0.1, 0.15) is 17.0 Å². The van der Waals surface area contributed by atoms with Crippen LogP contribution in [0.2, 0.25) is 0 Å². The van der Waals surface area contributed by atoms with Crippen LogP contribution in [0.15, 0.2) is 60.0 Å². The van der Waals surface area contributed by atoms with Crippen LogP contribution in [-0.4, -0.2) is 20.2 Å². The highest BCUT2D eigenvalue weighted by atomic mass is 16.6. The highest BCUT2D eigenvalue weighted by Crippen LogP contribution is 2.46. The Balaban J connectivity index is 1.95. The molecule has 1 aromatic heterocycles. The number of rotatable bonds is 3. The predicted octanol–water partition coefficient (Wildman–Crippen LogP) is 2.91.